The van der Waals surface area contributed by atoms with Gasteiger partial charge in [0.1, 0.15) is 6.20 Å². The van der Waals surface area contributed by atoms with E-state index in [0.717, 1.165) is 35.3 Å². The predicted octanol–water partition coefficient (Wildman–Crippen LogP) is 3.58. The molecule has 4 heterocycles. The number of hydrogen-bond acceptors (Lipinski definition) is 3. The Labute approximate surface area is 145 Å². The second-order valence-electron chi connectivity index (χ2n) is 6.66. The van der Waals surface area contributed by atoms with Crippen LogP contribution in [0.1, 0.15) is 19.3 Å². The number of aromatic amines is 2. The van der Waals surface area contributed by atoms with Crippen LogP contribution in [-0.4, -0.2) is 28.0 Å². The molecule has 0 aliphatic carbocycles. The number of rotatable bonds is 2. The second-order valence-corrected chi connectivity index (χ2v) is 6.66. The van der Waals surface area contributed by atoms with E-state index in [0.29, 0.717) is 0 Å². The van der Waals surface area contributed by atoms with Gasteiger partial charge in [-0.1, -0.05) is 6.07 Å². The minimum absolute atomic E-state index is 0.875. The van der Waals surface area contributed by atoms with Gasteiger partial charge in [0, 0.05) is 35.9 Å². The van der Waals surface area contributed by atoms with Crippen LogP contribution in [0.25, 0.3) is 33.2 Å². The maximum absolute atomic E-state index is 4.56. The number of H-pyrrole nitrogens is 2. The highest BCUT2D eigenvalue weighted by atomic mass is 15.1. The van der Waals surface area contributed by atoms with Gasteiger partial charge in [-0.2, -0.15) is 0 Å². The molecular formula is C20H20N5+. The molecule has 1 aliphatic heterocycles. The highest BCUT2D eigenvalue weighted by molar-refractivity contribution is 5.95. The SMILES string of the molecule is c1cc(N2CCCCC2)c2cc(-c3cnc4[nH+]c[nH]c4c3)ccc2n1. The van der Waals surface area contributed by atoms with Gasteiger partial charge < -0.3 is 4.90 Å². The van der Waals surface area contributed by atoms with Gasteiger partial charge in [0.2, 0.25) is 0 Å². The van der Waals surface area contributed by atoms with Crippen LogP contribution < -0.4 is 9.88 Å². The highest BCUT2D eigenvalue weighted by Crippen LogP contribution is 2.31. The first-order valence-corrected chi connectivity index (χ1v) is 8.87. The van der Waals surface area contributed by atoms with Gasteiger partial charge in [-0.05, 0) is 49.1 Å². The minimum atomic E-state index is 0.875. The van der Waals surface area contributed by atoms with Gasteiger partial charge in [0.05, 0.1) is 5.52 Å². The first-order chi connectivity index (χ1) is 12.4. The number of anilines is 1. The van der Waals surface area contributed by atoms with Crippen molar-refractivity contribution < 1.29 is 4.98 Å². The smallest absolute Gasteiger partial charge is 0.299 e. The Balaban J connectivity index is 1.64. The van der Waals surface area contributed by atoms with E-state index in [1.807, 2.05) is 12.4 Å². The molecule has 1 fully saturated rings. The molecule has 0 bridgehead atoms. The molecule has 0 unspecified atom stereocenters. The van der Waals surface area contributed by atoms with E-state index in [2.05, 4.69) is 55.2 Å². The van der Waals surface area contributed by atoms with E-state index in [1.54, 1.807) is 6.33 Å². The summed E-state index contributed by atoms with van der Waals surface area (Å²) in [6, 6.07) is 10.8. The Bertz CT molecular complexity index is 1050. The van der Waals surface area contributed by atoms with E-state index in [-0.39, 0.29) is 0 Å². The largest absolute Gasteiger partial charge is 0.371 e. The van der Waals surface area contributed by atoms with E-state index in [9.17, 15) is 0 Å². The lowest BCUT2D eigenvalue weighted by Gasteiger charge is -2.29. The first kappa shape index (κ1) is 14.4. The maximum atomic E-state index is 4.56. The Morgan fingerprint density at radius 1 is 0.960 bits per heavy atom. The van der Waals surface area contributed by atoms with Crippen LogP contribution in [0.15, 0.2) is 49.1 Å². The molecule has 5 heteroatoms. The summed E-state index contributed by atoms with van der Waals surface area (Å²) in [5.41, 5.74) is 6.52. The van der Waals surface area contributed by atoms with Crippen molar-refractivity contribution in [3.05, 3.63) is 49.1 Å². The summed E-state index contributed by atoms with van der Waals surface area (Å²) in [5.74, 6) is 0. The monoisotopic (exact) mass is 330 g/mol. The molecule has 0 spiro atoms. The third-order valence-electron chi connectivity index (χ3n) is 5.07. The summed E-state index contributed by atoms with van der Waals surface area (Å²) in [4.78, 5) is 17.8. The summed E-state index contributed by atoms with van der Waals surface area (Å²) < 4.78 is 0. The van der Waals surface area contributed by atoms with Gasteiger partial charge in [0.15, 0.2) is 11.8 Å². The van der Waals surface area contributed by atoms with Crippen LogP contribution in [0.4, 0.5) is 5.69 Å². The van der Waals surface area contributed by atoms with Crippen molar-refractivity contribution in [3.63, 3.8) is 0 Å². The topological polar surface area (TPSA) is 59.0 Å². The Morgan fingerprint density at radius 3 is 2.80 bits per heavy atom. The van der Waals surface area contributed by atoms with E-state index in [1.165, 1.54) is 35.9 Å². The zero-order valence-corrected chi connectivity index (χ0v) is 14.0. The van der Waals surface area contributed by atoms with Gasteiger partial charge in [-0.25, -0.2) is 4.98 Å². The number of benzene rings is 1. The predicted molar refractivity (Wildman–Crippen MR) is 99.5 cm³/mol. The van der Waals surface area contributed by atoms with Crippen molar-refractivity contribution in [2.24, 2.45) is 0 Å². The molecule has 0 saturated carbocycles. The molecule has 25 heavy (non-hydrogen) atoms. The van der Waals surface area contributed by atoms with Gasteiger partial charge in [-0.15, -0.1) is 4.98 Å². The molecule has 2 N–H and O–H groups in total. The van der Waals surface area contributed by atoms with Crippen LogP contribution in [0.3, 0.4) is 0 Å². The van der Waals surface area contributed by atoms with Crippen LogP contribution in [0.5, 0.6) is 0 Å². The number of nitrogens with zero attached hydrogens (tertiary/aromatic N) is 3. The number of aromatic nitrogens is 4. The highest BCUT2D eigenvalue weighted by Gasteiger charge is 2.15. The molecule has 0 atom stereocenters. The number of fused-ring (bicyclic) bond motifs is 2. The van der Waals surface area contributed by atoms with Crippen molar-refractivity contribution in [2.75, 3.05) is 18.0 Å². The standard InChI is InChI=1S/C20H19N5/c1-2-8-25(9-3-1)19-6-7-21-17-5-4-14(10-16(17)19)15-11-18-20(22-12-15)24-13-23-18/h4-7,10-13H,1-3,8-9H2,(H,22,23,24)/p+1. The Kier molecular flexibility index (Phi) is 3.37. The van der Waals surface area contributed by atoms with Gasteiger partial charge >= 0.3 is 0 Å². The normalized spacial score (nSPS) is 15.1. The van der Waals surface area contributed by atoms with Crippen LogP contribution in [0, 0.1) is 0 Å². The van der Waals surface area contributed by atoms with Crippen molar-refractivity contribution in [1.29, 1.82) is 0 Å². The van der Waals surface area contributed by atoms with E-state index >= 15 is 0 Å². The fourth-order valence-electron chi connectivity index (χ4n) is 3.75. The van der Waals surface area contributed by atoms with Crippen LogP contribution >= 0.6 is 0 Å². The third-order valence-corrected chi connectivity index (χ3v) is 5.07. The molecule has 4 aromatic rings. The lowest BCUT2D eigenvalue weighted by Crippen LogP contribution is -2.29. The summed E-state index contributed by atoms with van der Waals surface area (Å²) in [5, 5.41) is 1.22. The van der Waals surface area contributed by atoms with Crippen molar-refractivity contribution in [2.45, 2.75) is 19.3 Å². The van der Waals surface area contributed by atoms with Crippen molar-refractivity contribution >= 4 is 27.8 Å². The lowest BCUT2D eigenvalue weighted by molar-refractivity contribution is -0.347. The van der Waals surface area contributed by atoms with E-state index in [4.69, 9.17) is 0 Å². The summed E-state index contributed by atoms with van der Waals surface area (Å²) in [6.45, 7) is 2.27. The summed E-state index contributed by atoms with van der Waals surface area (Å²) >= 11 is 0. The van der Waals surface area contributed by atoms with Crippen molar-refractivity contribution in [3.8, 4) is 11.1 Å². The van der Waals surface area contributed by atoms with Crippen LogP contribution in [-0.2, 0) is 0 Å². The average molecular weight is 330 g/mol. The van der Waals surface area contributed by atoms with Crippen molar-refractivity contribution in [1.82, 2.24) is 15.0 Å². The summed E-state index contributed by atoms with van der Waals surface area (Å²) in [7, 11) is 0. The molecule has 124 valence electrons. The van der Waals surface area contributed by atoms with E-state index < -0.39 is 0 Å². The third kappa shape index (κ3) is 2.52. The molecule has 1 saturated heterocycles. The number of pyridine rings is 2. The maximum Gasteiger partial charge on any atom is 0.299 e. The molecular weight excluding hydrogens is 310 g/mol. The number of nitrogens with one attached hydrogen (secondary N) is 2. The molecule has 1 aromatic carbocycles. The number of piperidine rings is 1. The quantitative estimate of drug-likeness (QED) is 0.611. The zero-order valence-electron chi connectivity index (χ0n) is 14.0. The van der Waals surface area contributed by atoms with Gasteiger partial charge in [-0.3, -0.25) is 9.97 Å². The number of imidazole rings is 1. The lowest BCUT2D eigenvalue weighted by atomic mass is 10.0. The molecule has 3 aromatic heterocycles. The molecule has 5 nitrogen and oxygen atoms in total. The Hall–Kier alpha value is -2.95. The summed E-state index contributed by atoms with van der Waals surface area (Å²) in [6.07, 6.45) is 9.53. The van der Waals surface area contributed by atoms with Crippen LogP contribution in [0.2, 0.25) is 0 Å². The molecule has 0 radical (unpaired) electrons. The fraction of sp³-hybridized carbons (Fsp3) is 0.250. The molecule has 5 rings (SSSR count). The Morgan fingerprint density at radius 2 is 1.88 bits per heavy atom. The fourth-order valence-corrected chi connectivity index (χ4v) is 3.75. The minimum Gasteiger partial charge on any atom is -0.371 e. The number of hydrogen-bond donors (Lipinski definition) is 1. The first-order valence-electron chi connectivity index (χ1n) is 8.87. The molecule has 1 aliphatic rings. The second kappa shape index (κ2) is 5.84. The zero-order chi connectivity index (χ0) is 16.6. The molecule has 0 amide bonds. The average Bonchev–Trinajstić information content (AvgIpc) is 3.15. The van der Waals surface area contributed by atoms with Gasteiger partial charge in [0.25, 0.3) is 5.65 Å².